The molecule has 0 atom stereocenters. The first-order valence-corrected chi connectivity index (χ1v) is 4.40. The lowest BCUT2D eigenvalue weighted by Gasteiger charge is -2.34. The van der Waals surface area contributed by atoms with Crippen molar-refractivity contribution >= 4 is 0 Å². The molecule has 1 aliphatic rings. The summed E-state index contributed by atoms with van der Waals surface area (Å²) in [4.78, 5) is 0. The molecule has 0 aromatic rings. The Bertz CT molecular complexity index is 122. The van der Waals surface area contributed by atoms with Crippen LogP contribution in [-0.2, 0) is 0 Å². The highest BCUT2D eigenvalue weighted by atomic mass is 16.3. The van der Waals surface area contributed by atoms with Gasteiger partial charge >= 0.3 is 0 Å². The molecular weight excluding hydrogens is 138 g/mol. The van der Waals surface area contributed by atoms with Crippen molar-refractivity contribution in [3.63, 3.8) is 0 Å². The Balaban J connectivity index is 2.05. The molecule has 0 bridgehead atoms. The van der Waals surface area contributed by atoms with Crippen molar-refractivity contribution in [2.45, 2.75) is 45.3 Å². The second-order valence-electron chi connectivity index (χ2n) is 4.62. The SMILES string of the molecule is CC(C)(C)NCC1CC(O)C1. The number of aliphatic hydroxyl groups is 1. The van der Waals surface area contributed by atoms with Gasteiger partial charge in [-0.2, -0.15) is 0 Å². The van der Waals surface area contributed by atoms with Gasteiger partial charge in [-0.3, -0.25) is 0 Å². The Morgan fingerprint density at radius 1 is 1.36 bits per heavy atom. The highest BCUT2D eigenvalue weighted by Crippen LogP contribution is 2.26. The molecule has 66 valence electrons. The van der Waals surface area contributed by atoms with E-state index in [9.17, 15) is 0 Å². The van der Waals surface area contributed by atoms with Crippen molar-refractivity contribution < 1.29 is 5.11 Å². The summed E-state index contributed by atoms with van der Waals surface area (Å²) in [5.41, 5.74) is 0.223. The quantitative estimate of drug-likeness (QED) is 0.630. The summed E-state index contributed by atoms with van der Waals surface area (Å²) in [6.45, 7) is 7.56. The van der Waals surface area contributed by atoms with Crippen LogP contribution in [0.25, 0.3) is 0 Å². The van der Waals surface area contributed by atoms with Crippen LogP contribution in [0.15, 0.2) is 0 Å². The van der Waals surface area contributed by atoms with Gasteiger partial charge in [0.05, 0.1) is 6.10 Å². The lowest BCUT2D eigenvalue weighted by molar-refractivity contribution is 0.0404. The molecule has 0 heterocycles. The third kappa shape index (κ3) is 3.21. The Labute approximate surface area is 69.0 Å². The molecule has 0 unspecified atom stereocenters. The molecule has 1 rings (SSSR count). The maximum Gasteiger partial charge on any atom is 0.0546 e. The number of aliphatic hydroxyl groups excluding tert-OH is 1. The Morgan fingerprint density at radius 3 is 2.27 bits per heavy atom. The molecule has 0 aliphatic heterocycles. The third-order valence-electron chi connectivity index (χ3n) is 2.13. The maximum absolute atomic E-state index is 9.02. The summed E-state index contributed by atoms with van der Waals surface area (Å²) in [6, 6.07) is 0. The fourth-order valence-corrected chi connectivity index (χ4v) is 1.32. The van der Waals surface area contributed by atoms with Crippen LogP contribution < -0.4 is 5.32 Å². The van der Waals surface area contributed by atoms with Crippen LogP contribution in [0.3, 0.4) is 0 Å². The van der Waals surface area contributed by atoms with Gasteiger partial charge in [-0.05, 0) is 46.1 Å². The van der Waals surface area contributed by atoms with Crippen LogP contribution in [-0.4, -0.2) is 23.3 Å². The lowest BCUT2D eigenvalue weighted by atomic mass is 9.82. The minimum Gasteiger partial charge on any atom is -0.393 e. The highest BCUT2D eigenvalue weighted by Gasteiger charge is 2.27. The average molecular weight is 157 g/mol. The maximum atomic E-state index is 9.02. The monoisotopic (exact) mass is 157 g/mol. The molecule has 2 N–H and O–H groups in total. The van der Waals surface area contributed by atoms with Gasteiger partial charge in [0.25, 0.3) is 0 Å². The number of hydrogen-bond donors (Lipinski definition) is 2. The topological polar surface area (TPSA) is 32.3 Å². The number of rotatable bonds is 2. The van der Waals surface area contributed by atoms with Crippen LogP contribution in [0.5, 0.6) is 0 Å². The van der Waals surface area contributed by atoms with Crippen LogP contribution in [0.2, 0.25) is 0 Å². The molecule has 0 aromatic heterocycles. The molecule has 2 nitrogen and oxygen atoms in total. The van der Waals surface area contributed by atoms with E-state index in [1.165, 1.54) is 0 Å². The zero-order valence-corrected chi connectivity index (χ0v) is 7.72. The molecular formula is C9H19NO. The fraction of sp³-hybridized carbons (Fsp3) is 1.00. The van der Waals surface area contributed by atoms with Crippen molar-refractivity contribution in [3.05, 3.63) is 0 Å². The lowest BCUT2D eigenvalue weighted by Crippen LogP contribution is -2.43. The van der Waals surface area contributed by atoms with Gasteiger partial charge in [-0.15, -0.1) is 0 Å². The largest absolute Gasteiger partial charge is 0.393 e. The summed E-state index contributed by atoms with van der Waals surface area (Å²) >= 11 is 0. The first-order valence-electron chi connectivity index (χ1n) is 4.40. The molecule has 0 spiro atoms. The van der Waals surface area contributed by atoms with Crippen molar-refractivity contribution in [3.8, 4) is 0 Å². The van der Waals surface area contributed by atoms with Crippen LogP contribution in [0.4, 0.5) is 0 Å². The third-order valence-corrected chi connectivity index (χ3v) is 2.13. The predicted octanol–water partition coefficient (Wildman–Crippen LogP) is 1.15. The van der Waals surface area contributed by atoms with E-state index < -0.39 is 0 Å². The van der Waals surface area contributed by atoms with E-state index >= 15 is 0 Å². The van der Waals surface area contributed by atoms with Gasteiger partial charge in [-0.25, -0.2) is 0 Å². The van der Waals surface area contributed by atoms with E-state index in [0.717, 1.165) is 19.4 Å². The molecule has 0 radical (unpaired) electrons. The first-order chi connectivity index (χ1) is 4.97. The van der Waals surface area contributed by atoms with Crippen LogP contribution in [0.1, 0.15) is 33.6 Å². The standard InChI is InChI=1S/C9H19NO/c1-9(2,3)10-6-7-4-8(11)5-7/h7-8,10-11H,4-6H2,1-3H3. The molecule has 1 saturated carbocycles. The van der Waals surface area contributed by atoms with Crippen molar-refractivity contribution in [1.29, 1.82) is 0 Å². The molecule has 0 aromatic carbocycles. The van der Waals surface area contributed by atoms with Gasteiger partial charge in [-0.1, -0.05) is 0 Å². The summed E-state index contributed by atoms with van der Waals surface area (Å²) in [5, 5.41) is 12.5. The van der Waals surface area contributed by atoms with Crippen molar-refractivity contribution in [1.82, 2.24) is 5.32 Å². The molecule has 1 aliphatic carbocycles. The second kappa shape index (κ2) is 3.11. The van der Waals surface area contributed by atoms with E-state index in [1.807, 2.05) is 0 Å². The van der Waals surface area contributed by atoms with Gasteiger partial charge in [0.1, 0.15) is 0 Å². The average Bonchev–Trinajstić information content (AvgIpc) is 1.75. The smallest absolute Gasteiger partial charge is 0.0546 e. The van der Waals surface area contributed by atoms with Gasteiger partial charge < -0.3 is 10.4 Å². The predicted molar refractivity (Wildman–Crippen MR) is 46.5 cm³/mol. The highest BCUT2D eigenvalue weighted by molar-refractivity contribution is 4.82. The van der Waals surface area contributed by atoms with E-state index in [2.05, 4.69) is 26.1 Å². The molecule has 1 fully saturated rings. The van der Waals surface area contributed by atoms with Gasteiger partial charge in [0.2, 0.25) is 0 Å². The summed E-state index contributed by atoms with van der Waals surface area (Å²) in [5.74, 6) is 0.712. The van der Waals surface area contributed by atoms with Crippen LogP contribution in [0, 0.1) is 5.92 Å². The number of hydrogen-bond acceptors (Lipinski definition) is 2. The van der Waals surface area contributed by atoms with E-state index in [0.29, 0.717) is 5.92 Å². The minimum atomic E-state index is -0.0123. The van der Waals surface area contributed by atoms with Crippen molar-refractivity contribution in [2.24, 2.45) is 5.92 Å². The van der Waals surface area contributed by atoms with E-state index in [4.69, 9.17) is 5.11 Å². The Kier molecular flexibility index (Phi) is 2.55. The van der Waals surface area contributed by atoms with E-state index in [-0.39, 0.29) is 11.6 Å². The first kappa shape index (κ1) is 9.01. The minimum absolute atomic E-state index is 0.0123. The molecule has 11 heavy (non-hydrogen) atoms. The second-order valence-corrected chi connectivity index (χ2v) is 4.62. The Morgan fingerprint density at radius 2 is 1.91 bits per heavy atom. The molecule has 0 saturated heterocycles. The molecule has 2 heteroatoms. The summed E-state index contributed by atoms with van der Waals surface area (Å²) in [7, 11) is 0. The van der Waals surface area contributed by atoms with Gasteiger partial charge in [0.15, 0.2) is 0 Å². The molecule has 0 amide bonds. The zero-order valence-electron chi connectivity index (χ0n) is 7.72. The van der Waals surface area contributed by atoms with E-state index in [1.54, 1.807) is 0 Å². The fourth-order valence-electron chi connectivity index (χ4n) is 1.32. The normalized spacial score (nSPS) is 31.6. The number of nitrogens with one attached hydrogen (secondary N) is 1. The van der Waals surface area contributed by atoms with Gasteiger partial charge in [0, 0.05) is 5.54 Å². The summed E-state index contributed by atoms with van der Waals surface area (Å²) in [6.07, 6.45) is 1.97. The summed E-state index contributed by atoms with van der Waals surface area (Å²) < 4.78 is 0. The zero-order chi connectivity index (χ0) is 8.48. The van der Waals surface area contributed by atoms with Crippen LogP contribution >= 0.6 is 0 Å². The van der Waals surface area contributed by atoms with Crippen molar-refractivity contribution in [2.75, 3.05) is 6.54 Å². The Hall–Kier alpha value is -0.0800.